The van der Waals surface area contributed by atoms with E-state index in [1.165, 1.54) is 0 Å². The Morgan fingerprint density at radius 3 is 2.31 bits per heavy atom. The molecule has 1 heterocycles. The molecule has 3 aromatic carbocycles. The molecule has 0 radical (unpaired) electrons. The molecule has 0 saturated carbocycles. The van der Waals surface area contributed by atoms with Gasteiger partial charge in [-0.25, -0.2) is 4.57 Å². The Balaban J connectivity index is 1.50. The van der Waals surface area contributed by atoms with Gasteiger partial charge in [0.1, 0.15) is 7.05 Å². The predicted molar refractivity (Wildman–Crippen MR) is 146 cm³/mol. The van der Waals surface area contributed by atoms with Gasteiger partial charge in [-0.1, -0.05) is 12.1 Å². The summed E-state index contributed by atoms with van der Waals surface area (Å²) >= 11 is 0. The fourth-order valence-electron chi connectivity index (χ4n) is 3.73. The third-order valence-electron chi connectivity index (χ3n) is 5.61. The van der Waals surface area contributed by atoms with Crippen LogP contribution in [0.25, 0.3) is 10.9 Å². The molecule has 0 fully saturated rings. The second-order valence-corrected chi connectivity index (χ2v) is 8.29. The molecule has 0 spiro atoms. The van der Waals surface area contributed by atoms with Crippen molar-refractivity contribution in [1.29, 1.82) is 0 Å². The van der Waals surface area contributed by atoms with Gasteiger partial charge in [-0.2, -0.15) is 5.10 Å². The molecule has 0 aliphatic rings. The first-order valence-electron chi connectivity index (χ1n) is 11.1. The van der Waals surface area contributed by atoms with Crippen LogP contribution in [0.5, 0.6) is 0 Å². The van der Waals surface area contributed by atoms with Crippen LogP contribution in [0, 0.1) is 0 Å². The second-order valence-electron chi connectivity index (χ2n) is 8.29. The summed E-state index contributed by atoms with van der Waals surface area (Å²) in [6.45, 7) is 1.78. The van der Waals surface area contributed by atoms with Gasteiger partial charge in [0.25, 0.3) is 5.91 Å². The molecule has 4 rings (SSSR count). The highest BCUT2D eigenvalue weighted by Crippen LogP contribution is 2.28. The quantitative estimate of drug-likeness (QED) is 0.0810. The number of aromatic nitrogens is 1. The maximum atomic E-state index is 12.9. The minimum absolute atomic E-state index is 0.118. The third-order valence-corrected chi connectivity index (χ3v) is 5.61. The van der Waals surface area contributed by atoms with Gasteiger partial charge in [0, 0.05) is 34.9 Å². The summed E-state index contributed by atoms with van der Waals surface area (Å²) in [5, 5.41) is 14.8. The summed E-state index contributed by atoms with van der Waals surface area (Å²) < 4.78 is 2.02. The molecule has 10 nitrogen and oxygen atoms in total. The first-order chi connectivity index (χ1) is 17.2. The van der Waals surface area contributed by atoms with Gasteiger partial charge in [0.15, 0.2) is 6.20 Å². The van der Waals surface area contributed by atoms with Crippen LogP contribution < -0.4 is 38.1 Å². The Bertz CT molecular complexity index is 1500. The van der Waals surface area contributed by atoms with Gasteiger partial charge in [0.05, 0.1) is 22.3 Å². The number of nitrogens with zero attached hydrogens (tertiary/aromatic N) is 3. The molecule has 0 bridgehead atoms. The SMILES string of the molecule is C/C(=N\N=C(N)N)c1ccc(NC(=O)c2ccc(Nc3cc[n+](C)c4ccc(N)cc34)cc2N)cc1. The highest BCUT2D eigenvalue weighted by Gasteiger charge is 2.14. The molecular formula is C26H28N9O+. The Hall–Kier alpha value is -5.12. The van der Waals surface area contributed by atoms with E-state index in [-0.39, 0.29) is 11.9 Å². The van der Waals surface area contributed by atoms with Crippen molar-refractivity contribution in [2.75, 3.05) is 22.1 Å². The van der Waals surface area contributed by atoms with Gasteiger partial charge >= 0.3 is 0 Å². The number of nitrogens with one attached hydrogen (secondary N) is 2. The summed E-state index contributed by atoms with van der Waals surface area (Å²) in [6, 6.07) is 20.1. The largest absolute Gasteiger partial charge is 0.399 e. The van der Waals surface area contributed by atoms with E-state index < -0.39 is 0 Å². The maximum absolute atomic E-state index is 12.9. The number of nitrogens with two attached hydrogens (primary N) is 4. The Morgan fingerprint density at radius 2 is 1.61 bits per heavy atom. The van der Waals surface area contributed by atoms with Crippen LogP contribution in [0.1, 0.15) is 22.8 Å². The number of guanidine groups is 1. The average molecular weight is 483 g/mol. The van der Waals surface area contributed by atoms with Crippen LogP contribution in [0.3, 0.4) is 0 Å². The van der Waals surface area contributed by atoms with E-state index in [1.807, 2.05) is 60.3 Å². The average Bonchev–Trinajstić information content (AvgIpc) is 2.84. The van der Waals surface area contributed by atoms with E-state index >= 15 is 0 Å². The van der Waals surface area contributed by atoms with E-state index in [4.69, 9.17) is 22.9 Å². The van der Waals surface area contributed by atoms with Gasteiger partial charge in [-0.15, -0.1) is 5.10 Å². The zero-order valence-electron chi connectivity index (χ0n) is 20.0. The topological polar surface area (TPSA) is 174 Å². The molecule has 0 atom stereocenters. The minimum Gasteiger partial charge on any atom is -0.399 e. The Labute approximate surface area is 208 Å². The van der Waals surface area contributed by atoms with Crippen LogP contribution in [-0.4, -0.2) is 17.6 Å². The number of anilines is 5. The molecule has 182 valence electrons. The van der Waals surface area contributed by atoms with Crippen molar-refractivity contribution >= 4 is 56.9 Å². The molecule has 10 heteroatoms. The number of carbonyl (C=O) groups excluding carboxylic acids is 1. The van der Waals surface area contributed by atoms with Crippen LogP contribution >= 0.6 is 0 Å². The molecule has 1 aromatic heterocycles. The van der Waals surface area contributed by atoms with Crippen LogP contribution in [0.15, 0.2) is 83.1 Å². The highest BCUT2D eigenvalue weighted by atomic mass is 16.1. The van der Waals surface area contributed by atoms with Crippen LogP contribution in [-0.2, 0) is 7.05 Å². The lowest BCUT2D eigenvalue weighted by Crippen LogP contribution is -2.28. The van der Waals surface area contributed by atoms with Gasteiger partial charge in [0.2, 0.25) is 11.5 Å². The monoisotopic (exact) mass is 482 g/mol. The van der Waals surface area contributed by atoms with E-state index in [0.717, 1.165) is 27.8 Å². The smallest absolute Gasteiger partial charge is 0.257 e. The van der Waals surface area contributed by atoms with E-state index in [1.54, 1.807) is 31.2 Å². The fraction of sp³-hybridized carbons (Fsp3) is 0.0769. The molecule has 10 N–H and O–H groups in total. The summed E-state index contributed by atoms with van der Waals surface area (Å²) in [6.07, 6.45) is 1.96. The lowest BCUT2D eigenvalue weighted by Gasteiger charge is -2.12. The minimum atomic E-state index is -0.317. The Kier molecular flexibility index (Phi) is 6.68. The van der Waals surface area contributed by atoms with Gasteiger partial charge in [-0.3, -0.25) is 4.79 Å². The summed E-state index contributed by atoms with van der Waals surface area (Å²) in [7, 11) is 1.97. The first-order valence-corrected chi connectivity index (χ1v) is 11.1. The molecule has 0 aliphatic heterocycles. The second kappa shape index (κ2) is 10.0. The standard InChI is InChI=1S/C26H27N9O/c1-15(33-34-26(29)30)16-3-6-18(7-4-16)32-25(36)20-9-8-19(14-22(20)28)31-23-11-12-35(2)24-10-5-17(27)13-21(23)24/h3-14H,27H2,1-2H3,(H7,28,29,30,32,33,34,36)/p+1. The zero-order chi connectivity index (χ0) is 25.8. The number of rotatable bonds is 6. The van der Waals surface area contributed by atoms with Crippen LogP contribution in [0.2, 0.25) is 0 Å². The number of pyridine rings is 1. The molecular weight excluding hydrogens is 454 g/mol. The summed E-state index contributed by atoms with van der Waals surface area (Å²) in [5.41, 5.74) is 29.0. The fourth-order valence-corrected chi connectivity index (χ4v) is 3.73. The van der Waals surface area contributed by atoms with Crippen molar-refractivity contribution in [2.45, 2.75) is 6.92 Å². The van der Waals surface area contributed by atoms with E-state index in [2.05, 4.69) is 20.8 Å². The molecule has 4 aromatic rings. The summed E-state index contributed by atoms with van der Waals surface area (Å²) in [5.74, 6) is -0.435. The highest BCUT2D eigenvalue weighted by molar-refractivity contribution is 6.08. The van der Waals surface area contributed by atoms with Crippen molar-refractivity contribution < 1.29 is 9.36 Å². The lowest BCUT2D eigenvalue weighted by molar-refractivity contribution is -0.644. The third kappa shape index (κ3) is 5.33. The van der Waals surface area contributed by atoms with E-state index in [9.17, 15) is 4.79 Å². The number of hydrogen-bond donors (Lipinski definition) is 6. The van der Waals surface area contributed by atoms with Gasteiger partial charge in [-0.05, 0) is 55.0 Å². The number of benzene rings is 3. The first kappa shape index (κ1) is 24.0. The van der Waals surface area contributed by atoms with Crippen molar-refractivity contribution in [3.63, 3.8) is 0 Å². The number of amides is 1. The molecule has 36 heavy (non-hydrogen) atoms. The predicted octanol–water partition coefficient (Wildman–Crippen LogP) is 2.82. The summed E-state index contributed by atoms with van der Waals surface area (Å²) in [4.78, 5) is 12.9. The van der Waals surface area contributed by atoms with Crippen molar-refractivity contribution in [3.05, 3.63) is 84.1 Å². The maximum Gasteiger partial charge on any atom is 0.257 e. The van der Waals surface area contributed by atoms with Crippen molar-refractivity contribution in [1.82, 2.24) is 0 Å². The normalized spacial score (nSPS) is 11.2. The molecule has 0 saturated heterocycles. The molecule has 1 amide bonds. The zero-order valence-corrected chi connectivity index (χ0v) is 20.0. The lowest BCUT2D eigenvalue weighted by atomic mass is 10.1. The number of hydrogen-bond acceptors (Lipinski definition) is 6. The number of aryl methyl sites for hydroxylation is 1. The Morgan fingerprint density at radius 1 is 0.889 bits per heavy atom. The molecule has 0 aliphatic carbocycles. The van der Waals surface area contributed by atoms with Crippen molar-refractivity contribution in [2.24, 2.45) is 28.7 Å². The van der Waals surface area contributed by atoms with E-state index in [0.29, 0.717) is 28.3 Å². The number of carbonyl (C=O) groups is 1. The molecule has 0 unspecified atom stereocenters. The van der Waals surface area contributed by atoms with Crippen LogP contribution in [0.4, 0.5) is 28.4 Å². The van der Waals surface area contributed by atoms with Gasteiger partial charge < -0.3 is 33.6 Å². The number of nitrogen functional groups attached to an aromatic ring is 2. The van der Waals surface area contributed by atoms with Crippen molar-refractivity contribution in [3.8, 4) is 0 Å². The number of fused-ring (bicyclic) bond motifs is 1.